The Morgan fingerprint density at radius 3 is 2.50 bits per heavy atom. The Labute approximate surface area is 121 Å². The topological polar surface area (TPSA) is 80.5 Å². The number of carbonyl (C=O) groups excluding carboxylic acids is 1. The quantitative estimate of drug-likeness (QED) is 0.841. The fraction of sp³-hybridized carbons (Fsp3) is 0.929. The second kappa shape index (κ2) is 6.02. The first-order valence-corrected chi connectivity index (χ1v) is 9.40. The Balaban J connectivity index is 2.00. The van der Waals surface area contributed by atoms with Gasteiger partial charge in [0.05, 0.1) is 11.5 Å². The zero-order valence-corrected chi connectivity index (χ0v) is 13.1. The van der Waals surface area contributed by atoms with Crippen LogP contribution in [-0.4, -0.2) is 49.9 Å². The third kappa shape index (κ3) is 3.52. The molecule has 1 unspecified atom stereocenters. The number of nitrogens with two attached hydrogens (primary N) is 1. The van der Waals surface area contributed by atoms with Crippen LogP contribution in [-0.2, 0) is 14.6 Å². The van der Waals surface area contributed by atoms with Crippen LogP contribution < -0.4 is 5.73 Å². The predicted octanol–water partition coefficient (Wildman–Crippen LogP) is 0.931. The van der Waals surface area contributed by atoms with Gasteiger partial charge in [0.1, 0.15) is 0 Å². The van der Waals surface area contributed by atoms with Gasteiger partial charge in [-0.2, -0.15) is 0 Å². The molecule has 2 N–H and O–H groups in total. The standard InChI is InChI=1S/C14H26N2O3S/c1-12-10-20(18,19)8-7-16(12)13(17)9-14(11-15)5-3-2-4-6-14/h12H,2-11,15H2,1H3. The van der Waals surface area contributed by atoms with Crippen LogP contribution in [0.15, 0.2) is 0 Å². The van der Waals surface area contributed by atoms with Crippen molar-refractivity contribution >= 4 is 15.7 Å². The first kappa shape index (κ1) is 15.8. The number of carbonyl (C=O) groups is 1. The number of hydrogen-bond donors (Lipinski definition) is 1. The molecule has 2 fully saturated rings. The number of sulfone groups is 1. The van der Waals surface area contributed by atoms with Crippen molar-refractivity contribution in [1.29, 1.82) is 0 Å². The number of amides is 1. The van der Waals surface area contributed by atoms with Crippen LogP contribution in [0.4, 0.5) is 0 Å². The van der Waals surface area contributed by atoms with Crippen LogP contribution >= 0.6 is 0 Å². The molecule has 5 nitrogen and oxygen atoms in total. The minimum atomic E-state index is -2.97. The summed E-state index contributed by atoms with van der Waals surface area (Å²) in [5.74, 6) is 0.271. The fourth-order valence-corrected chi connectivity index (χ4v) is 5.10. The van der Waals surface area contributed by atoms with E-state index in [1.807, 2.05) is 6.92 Å². The van der Waals surface area contributed by atoms with E-state index in [2.05, 4.69) is 0 Å². The molecule has 20 heavy (non-hydrogen) atoms. The molecule has 2 rings (SSSR count). The van der Waals surface area contributed by atoms with Gasteiger partial charge in [0, 0.05) is 19.0 Å². The minimum Gasteiger partial charge on any atom is -0.338 e. The summed E-state index contributed by atoms with van der Waals surface area (Å²) in [5, 5.41) is 0. The summed E-state index contributed by atoms with van der Waals surface area (Å²) < 4.78 is 23.2. The number of nitrogens with zero attached hydrogens (tertiary/aromatic N) is 1. The largest absolute Gasteiger partial charge is 0.338 e. The molecule has 116 valence electrons. The fourth-order valence-electron chi connectivity index (χ4n) is 3.55. The lowest BCUT2D eigenvalue weighted by molar-refractivity contribution is -0.135. The third-order valence-corrected chi connectivity index (χ3v) is 6.66. The van der Waals surface area contributed by atoms with E-state index in [-0.39, 0.29) is 28.9 Å². The molecule has 1 atom stereocenters. The van der Waals surface area contributed by atoms with Crippen molar-refractivity contribution in [3.63, 3.8) is 0 Å². The van der Waals surface area contributed by atoms with Crippen molar-refractivity contribution in [2.24, 2.45) is 11.1 Å². The average molecular weight is 302 g/mol. The minimum absolute atomic E-state index is 0.0502. The van der Waals surface area contributed by atoms with Gasteiger partial charge in [0.15, 0.2) is 9.84 Å². The van der Waals surface area contributed by atoms with Crippen LogP contribution in [0.1, 0.15) is 45.4 Å². The van der Waals surface area contributed by atoms with E-state index in [9.17, 15) is 13.2 Å². The van der Waals surface area contributed by atoms with Crippen molar-refractivity contribution in [2.45, 2.75) is 51.5 Å². The average Bonchev–Trinajstić information content (AvgIpc) is 2.38. The molecule has 0 bridgehead atoms. The molecule has 0 aromatic rings. The summed E-state index contributed by atoms with van der Waals surface area (Å²) in [6.45, 7) is 2.72. The van der Waals surface area contributed by atoms with Gasteiger partial charge in [-0.1, -0.05) is 19.3 Å². The van der Waals surface area contributed by atoms with Crippen molar-refractivity contribution < 1.29 is 13.2 Å². The number of hydrogen-bond acceptors (Lipinski definition) is 4. The lowest BCUT2D eigenvalue weighted by atomic mass is 9.71. The Morgan fingerprint density at radius 1 is 1.30 bits per heavy atom. The van der Waals surface area contributed by atoms with Crippen LogP contribution in [0.3, 0.4) is 0 Å². The van der Waals surface area contributed by atoms with E-state index < -0.39 is 9.84 Å². The molecular formula is C14H26N2O3S. The normalized spacial score (nSPS) is 29.1. The molecule has 6 heteroatoms. The summed E-state index contributed by atoms with van der Waals surface area (Å²) in [5.41, 5.74) is 5.88. The summed E-state index contributed by atoms with van der Waals surface area (Å²) in [6, 6.07) is -0.209. The van der Waals surface area contributed by atoms with Crippen LogP contribution in [0.5, 0.6) is 0 Å². The molecule has 0 spiro atoms. The molecule has 0 aromatic heterocycles. The second-order valence-corrected chi connectivity index (χ2v) is 8.72. The zero-order valence-electron chi connectivity index (χ0n) is 12.3. The van der Waals surface area contributed by atoms with Gasteiger partial charge in [0.25, 0.3) is 0 Å². The molecule has 1 saturated carbocycles. The van der Waals surface area contributed by atoms with Gasteiger partial charge < -0.3 is 10.6 Å². The molecule has 1 saturated heterocycles. The molecule has 2 aliphatic rings. The van der Waals surface area contributed by atoms with Gasteiger partial charge in [0.2, 0.25) is 5.91 Å². The summed E-state index contributed by atoms with van der Waals surface area (Å²) >= 11 is 0. The van der Waals surface area contributed by atoms with E-state index in [0.29, 0.717) is 19.5 Å². The van der Waals surface area contributed by atoms with Crippen molar-refractivity contribution in [1.82, 2.24) is 4.90 Å². The Bertz CT molecular complexity index is 455. The van der Waals surface area contributed by atoms with E-state index in [1.54, 1.807) is 4.90 Å². The molecule has 1 heterocycles. The van der Waals surface area contributed by atoms with Crippen LogP contribution in [0.2, 0.25) is 0 Å². The Kier molecular flexibility index (Phi) is 4.74. The van der Waals surface area contributed by atoms with E-state index in [1.165, 1.54) is 6.42 Å². The molecule has 0 aromatic carbocycles. The molecule has 1 amide bonds. The smallest absolute Gasteiger partial charge is 0.223 e. The third-order valence-electron chi connectivity index (χ3n) is 4.86. The van der Waals surface area contributed by atoms with Gasteiger partial charge in [-0.15, -0.1) is 0 Å². The maximum absolute atomic E-state index is 12.5. The summed E-state index contributed by atoms with van der Waals surface area (Å²) in [6.07, 6.45) is 6.05. The second-order valence-electron chi connectivity index (χ2n) is 6.49. The zero-order chi connectivity index (χ0) is 14.8. The SMILES string of the molecule is CC1CS(=O)(=O)CCN1C(=O)CC1(CN)CCCCC1. The van der Waals surface area contributed by atoms with Crippen molar-refractivity contribution in [2.75, 3.05) is 24.6 Å². The van der Waals surface area contributed by atoms with E-state index >= 15 is 0 Å². The van der Waals surface area contributed by atoms with Gasteiger partial charge in [-0.25, -0.2) is 8.42 Å². The maximum Gasteiger partial charge on any atom is 0.223 e. The first-order chi connectivity index (χ1) is 9.37. The highest BCUT2D eigenvalue weighted by atomic mass is 32.2. The van der Waals surface area contributed by atoms with Crippen molar-refractivity contribution in [3.8, 4) is 0 Å². The van der Waals surface area contributed by atoms with Gasteiger partial charge in [-0.3, -0.25) is 4.79 Å². The molecule has 1 aliphatic carbocycles. The van der Waals surface area contributed by atoms with E-state index in [4.69, 9.17) is 5.73 Å². The highest BCUT2D eigenvalue weighted by molar-refractivity contribution is 7.91. The van der Waals surface area contributed by atoms with Crippen molar-refractivity contribution in [3.05, 3.63) is 0 Å². The van der Waals surface area contributed by atoms with E-state index in [0.717, 1.165) is 25.7 Å². The summed E-state index contributed by atoms with van der Waals surface area (Å²) in [7, 11) is -2.97. The van der Waals surface area contributed by atoms with Gasteiger partial charge >= 0.3 is 0 Å². The molecule has 1 aliphatic heterocycles. The lowest BCUT2D eigenvalue weighted by Gasteiger charge is -2.39. The summed E-state index contributed by atoms with van der Waals surface area (Å²) in [4.78, 5) is 14.3. The molecular weight excluding hydrogens is 276 g/mol. The molecule has 0 radical (unpaired) electrons. The predicted molar refractivity (Wildman–Crippen MR) is 79.0 cm³/mol. The van der Waals surface area contributed by atoms with Gasteiger partial charge in [-0.05, 0) is 31.7 Å². The Hall–Kier alpha value is -0.620. The lowest BCUT2D eigenvalue weighted by Crippen LogP contribution is -2.51. The van der Waals surface area contributed by atoms with Crippen LogP contribution in [0.25, 0.3) is 0 Å². The number of rotatable bonds is 3. The van der Waals surface area contributed by atoms with Crippen LogP contribution in [0, 0.1) is 5.41 Å². The highest BCUT2D eigenvalue weighted by Gasteiger charge is 2.37. The first-order valence-electron chi connectivity index (χ1n) is 7.57. The monoisotopic (exact) mass is 302 g/mol. The maximum atomic E-state index is 12.5. The Morgan fingerprint density at radius 2 is 1.95 bits per heavy atom. The highest BCUT2D eigenvalue weighted by Crippen LogP contribution is 2.39.